The predicted molar refractivity (Wildman–Crippen MR) is 79.5 cm³/mol. The Hall–Kier alpha value is -1.46. The van der Waals surface area contributed by atoms with Crippen molar-refractivity contribution >= 4 is 40.9 Å². The van der Waals surface area contributed by atoms with E-state index in [1.165, 1.54) is 6.07 Å². The lowest BCUT2D eigenvalue weighted by Crippen LogP contribution is -2.42. The van der Waals surface area contributed by atoms with Crippen LogP contribution in [0.2, 0.25) is 10.0 Å². The zero-order valence-electron chi connectivity index (χ0n) is 11.1. The summed E-state index contributed by atoms with van der Waals surface area (Å²) in [5.74, 6) is -0.967. The molecule has 0 heterocycles. The van der Waals surface area contributed by atoms with Gasteiger partial charge in [-0.3, -0.25) is 4.79 Å². The van der Waals surface area contributed by atoms with Crippen molar-refractivity contribution in [1.82, 2.24) is 5.32 Å². The van der Waals surface area contributed by atoms with Crippen molar-refractivity contribution in [3.05, 3.63) is 28.2 Å². The molecule has 0 aliphatic carbocycles. The molecule has 0 saturated heterocycles. The van der Waals surface area contributed by atoms with Crippen molar-refractivity contribution in [2.45, 2.75) is 26.3 Å². The number of rotatable bonds is 5. The van der Waals surface area contributed by atoms with Crippen LogP contribution in [0.4, 0.5) is 10.5 Å². The molecule has 110 valence electrons. The van der Waals surface area contributed by atoms with Crippen LogP contribution < -0.4 is 10.6 Å². The molecule has 3 N–H and O–H groups in total. The first-order valence-electron chi connectivity index (χ1n) is 6.04. The van der Waals surface area contributed by atoms with Crippen LogP contribution >= 0.6 is 23.2 Å². The van der Waals surface area contributed by atoms with Gasteiger partial charge in [-0.1, -0.05) is 37.0 Å². The maximum Gasteiger partial charge on any atom is 0.319 e. The van der Waals surface area contributed by atoms with Crippen LogP contribution in [0.25, 0.3) is 0 Å². The Morgan fingerprint density at radius 3 is 2.45 bits per heavy atom. The van der Waals surface area contributed by atoms with E-state index in [0.29, 0.717) is 15.7 Å². The molecule has 5 nitrogen and oxygen atoms in total. The van der Waals surface area contributed by atoms with Crippen molar-refractivity contribution in [1.29, 1.82) is 0 Å². The van der Waals surface area contributed by atoms with E-state index in [1.54, 1.807) is 12.1 Å². The Morgan fingerprint density at radius 2 is 1.95 bits per heavy atom. The van der Waals surface area contributed by atoms with E-state index in [9.17, 15) is 9.59 Å². The Kier molecular flexibility index (Phi) is 6.10. The Labute approximate surface area is 127 Å². The summed E-state index contributed by atoms with van der Waals surface area (Å²) in [5.41, 5.74) is 0.409. The minimum absolute atomic E-state index is 0.00228. The molecule has 0 radical (unpaired) electrons. The van der Waals surface area contributed by atoms with E-state index in [-0.39, 0.29) is 12.3 Å². The zero-order valence-corrected chi connectivity index (χ0v) is 12.6. The highest BCUT2D eigenvalue weighted by Gasteiger charge is 2.19. The van der Waals surface area contributed by atoms with Crippen molar-refractivity contribution in [2.75, 3.05) is 5.32 Å². The number of aliphatic carboxylic acids is 1. The third-order valence-electron chi connectivity index (χ3n) is 2.70. The highest BCUT2D eigenvalue weighted by atomic mass is 35.5. The number of nitrogens with one attached hydrogen (secondary N) is 2. The molecule has 20 heavy (non-hydrogen) atoms. The molecule has 0 aliphatic rings. The summed E-state index contributed by atoms with van der Waals surface area (Å²) in [6, 6.07) is 3.72. The van der Waals surface area contributed by atoms with Crippen LogP contribution in [0.1, 0.15) is 20.3 Å². The maximum absolute atomic E-state index is 11.8. The number of hydrogen-bond donors (Lipinski definition) is 3. The average molecular weight is 319 g/mol. The Balaban J connectivity index is 2.68. The number of carbonyl (C=O) groups is 2. The van der Waals surface area contributed by atoms with Crippen LogP contribution in [0, 0.1) is 5.92 Å². The first kappa shape index (κ1) is 16.6. The Morgan fingerprint density at radius 1 is 1.30 bits per heavy atom. The number of carbonyl (C=O) groups excluding carboxylic acids is 1. The van der Waals surface area contributed by atoms with Gasteiger partial charge in [0.15, 0.2) is 0 Å². The fourth-order valence-electron chi connectivity index (χ4n) is 1.56. The van der Waals surface area contributed by atoms with Gasteiger partial charge in [-0.25, -0.2) is 4.79 Å². The van der Waals surface area contributed by atoms with Crippen molar-refractivity contribution in [2.24, 2.45) is 5.92 Å². The van der Waals surface area contributed by atoms with E-state index in [1.807, 2.05) is 13.8 Å². The molecule has 7 heteroatoms. The number of hydrogen-bond acceptors (Lipinski definition) is 2. The van der Waals surface area contributed by atoms with Gasteiger partial charge >= 0.3 is 12.0 Å². The summed E-state index contributed by atoms with van der Waals surface area (Å²) in [5, 5.41) is 14.8. The lowest BCUT2D eigenvalue weighted by atomic mass is 10.0. The van der Waals surface area contributed by atoms with Gasteiger partial charge in [-0.15, -0.1) is 0 Å². The second-order valence-corrected chi connectivity index (χ2v) is 5.51. The number of carboxylic acid groups (broad SMARTS) is 1. The summed E-state index contributed by atoms with van der Waals surface area (Å²) >= 11 is 11.7. The molecule has 1 unspecified atom stereocenters. The lowest BCUT2D eigenvalue weighted by Gasteiger charge is -2.21. The van der Waals surface area contributed by atoms with Crippen molar-refractivity contribution in [3.8, 4) is 0 Å². The molecule has 0 aliphatic heterocycles. The Bertz CT molecular complexity index is 506. The fourth-order valence-corrected chi connectivity index (χ4v) is 2.01. The number of carboxylic acids is 1. The van der Waals surface area contributed by atoms with Crippen LogP contribution in [0.3, 0.4) is 0 Å². The molecule has 0 saturated carbocycles. The second kappa shape index (κ2) is 7.36. The number of halogens is 2. The standard InChI is InChI=1S/C13H16Cl2N2O3/c1-7(2)11(6-12(18)19)17-13(20)16-10-4-3-8(14)5-9(10)15/h3-5,7,11H,6H2,1-2H3,(H,18,19)(H2,16,17,20). The normalized spacial score (nSPS) is 12.1. The van der Waals surface area contributed by atoms with E-state index in [0.717, 1.165) is 0 Å². The van der Waals surface area contributed by atoms with E-state index in [4.69, 9.17) is 28.3 Å². The van der Waals surface area contributed by atoms with Gasteiger partial charge in [0.1, 0.15) is 0 Å². The summed E-state index contributed by atoms with van der Waals surface area (Å²) in [4.78, 5) is 22.6. The molecule has 0 aromatic heterocycles. The van der Waals surface area contributed by atoms with E-state index >= 15 is 0 Å². The number of benzene rings is 1. The maximum atomic E-state index is 11.8. The van der Waals surface area contributed by atoms with Gasteiger partial charge in [0, 0.05) is 11.1 Å². The van der Waals surface area contributed by atoms with Crippen molar-refractivity contribution < 1.29 is 14.7 Å². The number of urea groups is 1. The van der Waals surface area contributed by atoms with Gasteiger partial charge in [0.05, 0.1) is 17.1 Å². The largest absolute Gasteiger partial charge is 0.481 e. The first-order chi connectivity index (χ1) is 9.29. The molecular weight excluding hydrogens is 303 g/mol. The highest BCUT2D eigenvalue weighted by molar-refractivity contribution is 6.36. The molecule has 0 spiro atoms. The molecule has 0 bridgehead atoms. The highest BCUT2D eigenvalue weighted by Crippen LogP contribution is 2.25. The van der Waals surface area contributed by atoms with Crippen LogP contribution in [-0.2, 0) is 4.79 Å². The molecule has 2 amide bonds. The summed E-state index contributed by atoms with van der Waals surface area (Å²) in [7, 11) is 0. The van der Waals surface area contributed by atoms with Crippen LogP contribution in [0.15, 0.2) is 18.2 Å². The van der Waals surface area contributed by atoms with Gasteiger partial charge in [-0.2, -0.15) is 0 Å². The summed E-state index contributed by atoms with van der Waals surface area (Å²) in [6.45, 7) is 3.67. The summed E-state index contributed by atoms with van der Waals surface area (Å²) in [6.07, 6.45) is -0.139. The topological polar surface area (TPSA) is 78.4 Å². The van der Waals surface area contributed by atoms with E-state index in [2.05, 4.69) is 10.6 Å². The lowest BCUT2D eigenvalue weighted by molar-refractivity contribution is -0.137. The monoisotopic (exact) mass is 318 g/mol. The number of anilines is 1. The van der Waals surface area contributed by atoms with Gasteiger partial charge in [0.25, 0.3) is 0 Å². The van der Waals surface area contributed by atoms with Crippen LogP contribution in [-0.4, -0.2) is 23.1 Å². The molecule has 1 aromatic rings. The molecule has 1 rings (SSSR count). The zero-order chi connectivity index (χ0) is 15.3. The van der Waals surface area contributed by atoms with Crippen molar-refractivity contribution in [3.63, 3.8) is 0 Å². The minimum Gasteiger partial charge on any atom is -0.481 e. The third kappa shape index (κ3) is 5.27. The predicted octanol–water partition coefficient (Wildman–Crippen LogP) is 3.61. The molecule has 1 atom stereocenters. The number of amides is 2. The smallest absolute Gasteiger partial charge is 0.319 e. The van der Waals surface area contributed by atoms with E-state index < -0.39 is 18.0 Å². The molecule has 1 aromatic carbocycles. The van der Waals surface area contributed by atoms with Gasteiger partial charge in [-0.05, 0) is 24.1 Å². The molecular formula is C13H16Cl2N2O3. The fraction of sp³-hybridized carbons (Fsp3) is 0.385. The summed E-state index contributed by atoms with van der Waals surface area (Å²) < 4.78 is 0. The second-order valence-electron chi connectivity index (χ2n) is 4.67. The average Bonchev–Trinajstić information content (AvgIpc) is 2.31. The molecule has 0 fully saturated rings. The third-order valence-corrected chi connectivity index (χ3v) is 3.24. The minimum atomic E-state index is -0.964. The van der Waals surface area contributed by atoms with Gasteiger partial charge in [0.2, 0.25) is 0 Å². The SMILES string of the molecule is CC(C)C(CC(=O)O)NC(=O)Nc1ccc(Cl)cc1Cl. The quantitative estimate of drug-likeness (QED) is 0.775. The first-order valence-corrected chi connectivity index (χ1v) is 6.79. The van der Waals surface area contributed by atoms with Crippen LogP contribution in [0.5, 0.6) is 0 Å². The van der Waals surface area contributed by atoms with Gasteiger partial charge < -0.3 is 15.7 Å².